The van der Waals surface area contributed by atoms with Gasteiger partial charge in [-0.05, 0) is 81.0 Å². The first-order valence-electron chi connectivity index (χ1n) is 16.9. The molecule has 4 saturated heterocycles. The van der Waals surface area contributed by atoms with E-state index in [4.69, 9.17) is 16.1 Å². The van der Waals surface area contributed by atoms with Crippen molar-refractivity contribution in [1.29, 1.82) is 0 Å². The molecule has 9 rings (SSSR count). The number of anilines is 1. The van der Waals surface area contributed by atoms with Gasteiger partial charge in [0.25, 0.3) is 6.08 Å². The number of ether oxygens (including phenoxy) is 1. The Labute approximate surface area is 280 Å². The van der Waals surface area contributed by atoms with Gasteiger partial charge in [0.2, 0.25) is 0 Å². The second-order valence-corrected chi connectivity index (χ2v) is 14.4. The highest BCUT2D eigenvalue weighted by Crippen LogP contribution is 2.49. The molecule has 2 aromatic carbocycles. The fourth-order valence-corrected chi connectivity index (χ4v) is 9.10. The fraction of sp³-hybridized carbons (Fsp3) is 0.432. The third-order valence-corrected chi connectivity index (χ3v) is 11.5. The molecule has 2 N–H and O–H groups in total. The second-order valence-electron chi connectivity index (χ2n) is 14.4. The van der Waals surface area contributed by atoms with Crippen molar-refractivity contribution in [3.05, 3.63) is 59.3 Å². The van der Waals surface area contributed by atoms with Gasteiger partial charge in [0.15, 0.2) is 5.82 Å². The van der Waals surface area contributed by atoms with Gasteiger partial charge in [0.05, 0.1) is 16.5 Å². The molecule has 2 aromatic heterocycles. The first-order valence-corrected chi connectivity index (χ1v) is 16.9. The number of benzene rings is 2. The number of fused-ring (bicyclic) bond motifs is 5. The van der Waals surface area contributed by atoms with Crippen LogP contribution in [-0.2, 0) is 0 Å². The standard InChI is InChI=1S/C37H34F4N6O2/c1-2-25-28(38)7-4-20-12-24(48)13-26(29(20)25)31-30(39)32-27(15-42-31)34(46-17-23-8-10-37(18-46,45-23)22-5-6-22)44-35(43-32)49-19-36-9-3-11-47(36)16-21(14-36)33(40)41/h1,4,7,12-13,15,22-23,45,48H,3,5-6,8-11,14,16-19H2/t23-,36-,37+/m0/s1. The molecule has 1 aliphatic carbocycles. The third-order valence-electron chi connectivity index (χ3n) is 11.5. The summed E-state index contributed by atoms with van der Waals surface area (Å²) in [5.41, 5.74) is -0.697. The lowest BCUT2D eigenvalue weighted by Crippen LogP contribution is -2.61. The Morgan fingerprint density at radius 1 is 1.14 bits per heavy atom. The summed E-state index contributed by atoms with van der Waals surface area (Å²) in [6.07, 6.45) is 11.7. The molecule has 12 heteroatoms. The molecular weight excluding hydrogens is 636 g/mol. The number of hydrogen-bond donors (Lipinski definition) is 2. The van der Waals surface area contributed by atoms with Gasteiger partial charge in [-0.3, -0.25) is 9.88 Å². The highest BCUT2D eigenvalue weighted by molar-refractivity contribution is 6.03. The maximum absolute atomic E-state index is 17.0. The molecule has 0 unspecified atom stereocenters. The second kappa shape index (κ2) is 11.0. The van der Waals surface area contributed by atoms with Crippen molar-refractivity contribution in [2.45, 2.75) is 62.1 Å². The van der Waals surface area contributed by atoms with Crippen molar-refractivity contribution >= 4 is 27.5 Å². The van der Waals surface area contributed by atoms with Gasteiger partial charge < -0.3 is 20.1 Å². The normalized spacial score (nSPS) is 26.5. The number of phenolic OH excluding ortho intramolecular Hbond substituents is 1. The van der Waals surface area contributed by atoms with Crippen molar-refractivity contribution in [2.75, 3.05) is 37.7 Å². The highest BCUT2D eigenvalue weighted by Gasteiger charge is 2.53. The van der Waals surface area contributed by atoms with Crippen molar-refractivity contribution in [3.63, 3.8) is 0 Å². The molecule has 252 valence electrons. The number of nitrogens with zero attached hydrogens (tertiary/aromatic N) is 5. The molecule has 0 amide bonds. The summed E-state index contributed by atoms with van der Waals surface area (Å²) >= 11 is 0. The van der Waals surface area contributed by atoms with Crippen LogP contribution in [0.5, 0.6) is 11.8 Å². The molecule has 2 bridgehead atoms. The Hall–Kier alpha value is -4.47. The maximum atomic E-state index is 17.0. The molecule has 4 aromatic rings. The van der Waals surface area contributed by atoms with Crippen LogP contribution in [-0.4, -0.2) is 74.9 Å². The van der Waals surface area contributed by atoms with E-state index in [1.54, 1.807) is 0 Å². The summed E-state index contributed by atoms with van der Waals surface area (Å²) in [6, 6.07) is 5.62. The Kier molecular flexibility index (Phi) is 6.88. The lowest BCUT2D eigenvalue weighted by Gasteiger charge is -2.42. The van der Waals surface area contributed by atoms with Crippen LogP contribution in [0.1, 0.15) is 50.5 Å². The lowest BCUT2D eigenvalue weighted by atomic mass is 9.90. The van der Waals surface area contributed by atoms with Gasteiger partial charge >= 0.3 is 6.01 Å². The first kappa shape index (κ1) is 30.6. The van der Waals surface area contributed by atoms with Gasteiger partial charge in [-0.25, -0.2) is 8.78 Å². The number of terminal acetylenes is 1. The highest BCUT2D eigenvalue weighted by atomic mass is 19.3. The third kappa shape index (κ3) is 4.84. The van der Waals surface area contributed by atoms with Gasteiger partial charge in [0, 0.05) is 53.9 Å². The molecule has 0 radical (unpaired) electrons. The van der Waals surface area contributed by atoms with Crippen LogP contribution >= 0.6 is 0 Å². The van der Waals surface area contributed by atoms with Crippen LogP contribution in [0.25, 0.3) is 32.9 Å². The zero-order valence-corrected chi connectivity index (χ0v) is 26.7. The van der Waals surface area contributed by atoms with Crippen LogP contribution < -0.4 is 15.0 Å². The minimum Gasteiger partial charge on any atom is -0.508 e. The van der Waals surface area contributed by atoms with Crippen LogP contribution in [0.4, 0.5) is 23.4 Å². The summed E-state index contributed by atoms with van der Waals surface area (Å²) < 4.78 is 65.5. The van der Waals surface area contributed by atoms with Crippen molar-refractivity contribution < 1.29 is 27.4 Å². The molecule has 3 atom stereocenters. The Morgan fingerprint density at radius 2 is 2.00 bits per heavy atom. The number of halogens is 4. The number of hydrogen-bond acceptors (Lipinski definition) is 8. The average molecular weight is 671 g/mol. The zero-order valence-electron chi connectivity index (χ0n) is 26.7. The average Bonchev–Trinajstić information content (AvgIpc) is 3.69. The number of piperazine rings is 1. The first-order chi connectivity index (χ1) is 23.7. The van der Waals surface area contributed by atoms with Gasteiger partial charge in [-0.15, -0.1) is 6.42 Å². The largest absolute Gasteiger partial charge is 0.508 e. The van der Waals surface area contributed by atoms with E-state index in [9.17, 15) is 18.3 Å². The summed E-state index contributed by atoms with van der Waals surface area (Å²) in [5, 5.41) is 15.5. The molecule has 5 aliphatic rings. The number of aromatic hydroxyl groups is 1. The van der Waals surface area contributed by atoms with E-state index in [1.165, 1.54) is 43.3 Å². The lowest BCUT2D eigenvalue weighted by molar-refractivity contribution is 0.108. The minimum absolute atomic E-state index is 0.0460. The zero-order chi connectivity index (χ0) is 33.7. The van der Waals surface area contributed by atoms with E-state index in [0.717, 1.165) is 19.3 Å². The molecule has 5 fully saturated rings. The molecule has 49 heavy (non-hydrogen) atoms. The Balaban J connectivity index is 1.18. The number of rotatable bonds is 6. The van der Waals surface area contributed by atoms with E-state index in [1.807, 2.05) is 4.90 Å². The number of phenols is 1. The SMILES string of the molecule is C#Cc1c(F)ccc2cc(O)cc(-c3ncc4c(N5C[C@@H]6CC[C@](C7CC7)(C5)N6)nc(OC[C@@]56CCCN5CC(=C(F)F)C6)nc4c3F)c12. The topological polar surface area (TPSA) is 86.6 Å². The summed E-state index contributed by atoms with van der Waals surface area (Å²) in [4.78, 5) is 18.2. The predicted octanol–water partition coefficient (Wildman–Crippen LogP) is 6.30. The van der Waals surface area contributed by atoms with E-state index in [2.05, 4.69) is 26.1 Å². The predicted molar refractivity (Wildman–Crippen MR) is 177 cm³/mol. The Morgan fingerprint density at radius 3 is 2.80 bits per heavy atom. The number of nitrogens with one attached hydrogen (secondary N) is 1. The summed E-state index contributed by atoms with van der Waals surface area (Å²) in [5.74, 6) is 1.82. The van der Waals surface area contributed by atoms with Crippen molar-refractivity contribution in [3.8, 4) is 35.4 Å². The molecule has 4 aliphatic heterocycles. The van der Waals surface area contributed by atoms with Crippen molar-refractivity contribution in [1.82, 2.24) is 25.2 Å². The Bertz CT molecular complexity index is 2130. The smallest absolute Gasteiger partial charge is 0.319 e. The number of aromatic nitrogens is 3. The maximum Gasteiger partial charge on any atom is 0.319 e. The molecule has 1 saturated carbocycles. The van der Waals surface area contributed by atoms with Crippen LogP contribution in [0.3, 0.4) is 0 Å². The van der Waals surface area contributed by atoms with Crippen LogP contribution in [0, 0.1) is 29.9 Å². The molecular formula is C37H34F4N6O2. The van der Waals surface area contributed by atoms with Crippen LogP contribution in [0.2, 0.25) is 0 Å². The van der Waals surface area contributed by atoms with E-state index in [-0.39, 0.29) is 76.2 Å². The van der Waals surface area contributed by atoms with E-state index >= 15 is 4.39 Å². The molecule has 0 spiro atoms. The molecule has 8 nitrogen and oxygen atoms in total. The number of pyridine rings is 1. The monoisotopic (exact) mass is 670 g/mol. The van der Waals surface area contributed by atoms with Gasteiger partial charge in [0.1, 0.15) is 35.2 Å². The van der Waals surface area contributed by atoms with Crippen molar-refractivity contribution in [2.24, 2.45) is 5.92 Å². The van der Waals surface area contributed by atoms with E-state index < -0.39 is 23.3 Å². The van der Waals surface area contributed by atoms with E-state index in [0.29, 0.717) is 48.6 Å². The summed E-state index contributed by atoms with van der Waals surface area (Å²) in [7, 11) is 0. The van der Waals surface area contributed by atoms with Gasteiger partial charge in [-0.2, -0.15) is 18.7 Å². The van der Waals surface area contributed by atoms with Crippen LogP contribution in [0.15, 0.2) is 42.1 Å². The quantitative estimate of drug-likeness (QED) is 0.183. The fourth-order valence-electron chi connectivity index (χ4n) is 9.10. The summed E-state index contributed by atoms with van der Waals surface area (Å²) in [6.45, 7) is 2.31. The molecule has 6 heterocycles. The minimum atomic E-state index is -1.65. The van der Waals surface area contributed by atoms with Gasteiger partial charge in [-0.1, -0.05) is 12.0 Å².